The third-order valence-electron chi connectivity index (χ3n) is 6.33. The molecule has 162 valence electrons. The van der Waals surface area contributed by atoms with E-state index < -0.39 is 17.4 Å². The summed E-state index contributed by atoms with van der Waals surface area (Å²) in [5, 5.41) is 2.83. The second-order valence-corrected chi connectivity index (χ2v) is 14.7. The monoisotopic (exact) mass is 446 g/mol. The highest BCUT2D eigenvalue weighted by molar-refractivity contribution is 6.97. The Bertz CT molecular complexity index is 833. The molecule has 31 heavy (non-hydrogen) atoms. The predicted molar refractivity (Wildman–Crippen MR) is 135 cm³/mol. The highest BCUT2D eigenvalue weighted by Crippen LogP contribution is 2.22. The normalized spacial score (nSPS) is 20.3. The van der Waals surface area contributed by atoms with Crippen LogP contribution in [0.1, 0.15) is 31.2 Å². The average molecular weight is 447 g/mol. The van der Waals surface area contributed by atoms with Gasteiger partial charge in [0.1, 0.15) is 0 Å². The second kappa shape index (κ2) is 11.6. The van der Waals surface area contributed by atoms with Crippen molar-refractivity contribution in [1.82, 2.24) is 0 Å². The molecule has 0 saturated carbocycles. The quantitative estimate of drug-likeness (QED) is 0.533. The Balaban J connectivity index is 0.000000158. The van der Waals surface area contributed by atoms with Gasteiger partial charge in [0.25, 0.3) is 8.32 Å². The molecule has 0 bridgehead atoms. The van der Waals surface area contributed by atoms with Crippen LogP contribution in [0.15, 0.2) is 91.0 Å². The van der Waals surface area contributed by atoms with Gasteiger partial charge in [0.15, 0.2) is 9.04 Å². The molecule has 1 unspecified atom stereocenters. The molecule has 2 heterocycles. The van der Waals surface area contributed by atoms with E-state index in [1.807, 2.05) is 0 Å². The Morgan fingerprint density at radius 3 is 1.74 bits per heavy atom. The third kappa shape index (κ3) is 6.04. The molecule has 0 N–H and O–H groups in total. The Morgan fingerprint density at radius 1 is 0.645 bits per heavy atom. The first-order valence-corrected chi connectivity index (χ1v) is 16.0. The highest BCUT2D eigenvalue weighted by atomic mass is 28.4. The molecule has 0 amide bonds. The van der Waals surface area contributed by atoms with E-state index in [-0.39, 0.29) is 0 Å². The van der Waals surface area contributed by atoms with Crippen LogP contribution in [0.5, 0.6) is 0 Å². The molecular weight excluding hydrogens is 412 g/mol. The van der Waals surface area contributed by atoms with Gasteiger partial charge in [-0.2, -0.15) is 0 Å². The summed E-state index contributed by atoms with van der Waals surface area (Å²) in [6.45, 7) is 1.93. The van der Waals surface area contributed by atoms with E-state index in [9.17, 15) is 0 Å². The Labute approximate surface area is 190 Å². The summed E-state index contributed by atoms with van der Waals surface area (Å²) in [7, 11) is -2.79. The van der Waals surface area contributed by atoms with Gasteiger partial charge in [-0.1, -0.05) is 104 Å². The molecule has 0 aliphatic carbocycles. The summed E-state index contributed by atoms with van der Waals surface area (Å²) in [6, 6.07) is 36.2. The van der Waals surface area contributed by atoms with Gasteiger partial charge in [-0.3, -0.25) is 0 Å². The Hall–Kier alpha value is -1.99. The molecule has 2 saturated heterocycles. The summed E-state index contributed by atoms with van der Waals surface area (Å²) >= 11 is 0. The minimum Gasteiger partial charge on any atom is -0.420 e. The van der Waals surface area contributed by atoms with Crippen molar-refractivity contribution in [3.8, 4) is 0 Å². The smallest absolute Gasteiger partial charge is 0.255 e. The van der Waals surface area contributed by atoms with E-state index in [2.05, 4.69) is 91.0 Å². The van der Waals surface area contributed by atoms with E-state index in [1.54, 1.807) is 0 Å². The molecule has 0 spiro atoms. The van der Waals surface area contributed by atoms with Gasteiger partial charge in [-0.15, -0.1) is 0 Å². The fourth-order valence-electron chi connectivity index (χ4n) is 4.68. The van der Waals surface area contributed by atoms with Crippen LogP contribution in [0.25, 0.3) is 0 Å². The first-order valence-electron chi connectivity index (χ1n) is 11.8. The van der Waals surface area contributed by atoms with Crippen LogP contribution in [-0.2, 0) is 14.9 Å². The Kier molecular flexibility index (Phi) is 8.30. The summed E-state index contributed by atoms with van der Waals surface area (Å²) < 4.78 is 12.2. The lowest BCUT2D eigenvalue weighted by molar-refractivity contribution is 0.284. The van der Waals surface area contributed by atoms with E-state index in [0.717, 1.165) is 13.2 Å². The lowest BCUT2D eigenvalue weighted by atomic mass is 10.2. The lowest BCUT2D eigenvalue weighted by Gasteiger charge is -2.35. The molecule has 1 atom stereocenters. The van der Waals surface area contributed by atoms with Crippen molar-refractivity contribution in [3.63, 3.8) is 0 Å². The summed E-state index contributed by atoms with van der Waals surface area (Å²) in [5.41, 5.74) is 1.46. The number of rotatable bonds is 4. The number of hydrogen-bond donors (Lipinski definition) is 0. The van der Waals surface area contributed by atoms with Crippen molar-refractivity contribution in [2.24, 2.45) is 0 Å². The van der Waals surface area contributed by atoms with Crippen molar-refractivity contribution >= 4 is 27.7 Å². The van der Waals surface area contributed by atoms with Crippen molar-refractivity contribution in [2.75, 3.05) is 13.2 Å². The molecular formula is C27H34O2Si2. The topological polar surface area (TPSA) is 18.5 Å². The molecule has 3 aromatic carbocycles. The fraction of sp³-hybridized carbons (Fsp3) is 0.333. The van der Waals surface area contributed by atoms with Crippen LogP contribution in [-0.4, -0.2) is 30.6 Å². The maximum atomic E-state index is 6.38. The van der Waals surface area contributed by atoms with Gasteiger partial charge in [0.05, 0.1) is 0 Å². The minimum atomic E-state index is -1.93. The molecule has 2 aliphatic heterocycles. The van der Waals surface area contributed by atoms with E-state index in [4.69, 9.17) is 8.85 Å². The molecule has 4 heteroatoms. The van der Waals surface area contributed by atoms with E-state index in [0.29, 0.717) is 0 Å². The van der Waals surface area contributed by atoms with Gasteiger partial charge in [-0.25, -0.2) is 0 Å². The van der Waals surface area contributed by atoms with Crippen LogP contribution in [0, 0.1) is 0 Å². The molecule has 2 fully saturated rings. The van der Waals surface area contributed by atoms with Crippen molar-refractivity contribution in [3.05, 3.63) is 96.6 Å². The standard InChI is InChI=1S/C16H18OSi.C11H16OSi/c1-3-9-15(10-4-1)18(14-8-7-13-17-18)16-11-5-2-6-12-16;1-2-6-11(7-3-1)10-13-9-5-4-8-12-13/h1-6,9-12H,7-8,13-14H2;1-3,6-7,13H,4-5,8-10H2. The molecule has 5 rings (SSSR count). The molecule has 3 aromatic rings. The number of hydrogen-bond acceptors (Lipinski definition) is 2. The zero-order valence-electron chi connectivity index (χ0n) is 18.4. The minimum absolute atomic E-state index is 0.853. The van der Waals surface area contributed by atoms with Gasteiger partial charge < -0.3 is 8.85 Å². The van der Waals surface area contributed by atoms with Crippen molar-refractivity contribution in [2.45, 2.75) is 43.8 Å². The molecule has 2 nitrogen and oxygen atoms in total. The largest absolute Gasteiger partial charge is 0.420 e. The maximum Gasteiger partial charge on any atom is 0.255 e. The fourth-order valence-corrected chi connectivity index (χ4v) is 11.3. The second-order valence-electron chi connectivity index (χ2n) is 8.54. The van der Waals surface area contributed by atoms with Crippen LogP contribution >= 0.6 is 0 Å². The SMILES string of the molecule is c1ccc(C[SiH]2CCCCO2)cc1.c1ccc([Si]2(c3ccccc3)CCCCO2)cc1. The van der Waals surface area contributed by atoms with Crippen LogP contribution in [0.3, 0.4) is 0 Å². The van der Waals surface area contributed by atoms with Crippen molar-refractivity contribution < 1.29 is 8.85 Å². The predicted octanol–water partition coefficient (Wildman–Crippen LogP) is 4.86. The zero-order valence-corrected chi connectivity index (χ0v) is 20.6. The lowest BCUT2D eigenvalue weighted by Crippen LogP contribution is -2.62. The summed E-state index contributed by atoms with van der Waals surface area (Å²) in [6.07, 6.45) is 5.16. The summed E-state index contributed by atoms with van der Waals surface area (Å²) in [4.78, 5) is 0. The van der Waals surface area contributed by atoms with E-state index >= 15 is 0 Å². The first kappa shape index (κ1) is 22.2. The van der Waals surface area contributed by atoms with Crippen LogP contribution < -0.4 is 10.4 Å². The van der Waals surface area contributed by atoms with Gasteiger partial charge in [0, 0.05) is 13.2 Å². The molecule has 0 aromatic heterocycles. The maximum absolute atomic E-state index is 6.38. The first-order chi connectivity index (χ1) is 15.4. The van der Waals surface area contributed by atoms with Crippen LogP contribution in [0.4, 0.5) is 0 Å². The molecule has 0 radical (unpaired) electrons. The van der Waals surface area contributed by atoms with Gasteiger partial charge in [-0.05, 0) is 46.9 Å². The Morgan fingerprint density at radius 2 is 1.23 bits per heavy atom. The highest BCUT2D eigenvalue weighted by Gasteiger charge is 2.40. The van der Waals surface area contributed by atoms with Crippen LogP contribution in [0.2, 0.25) is 12.1 Å². The zero-order chi connectivity index (χ0) is 21.2. The molecule has 2 aliphatic rings. The number of benzene rings is 3. The van der Waals surface area contributed by atoms with Gasteiger partial charge >= 0.3 is 0 Å². The van der Waals surface area contributed by atoms with E-state index in [1.165, 1.54) is 59.8 Å². The average Bonchev–Trinajstić information content (AvgIpc) is 2.87. The van der Waals surface area contributed by atoms with Crippen molar-refractivity contribution in [1.29, 1.82) is 0 Å². The third-order valence-corrected chi connectivity index (χ3v) is 13.3. The van der Waals surface area contributed by atoms with Gasteiger partial charge in [0.2, 0.25) is 0 Å². The summed E-state index contributed by atoms with van der Waals surface area (Å²) in [5.74, 6) is 0.